The van der Waals surface area contributed by atoms with Gasteiger partial charge in [0.15, 0.2) is 0 Å². The van der Waals surface area contributed by atoms with E-state index in [2.05, 4.69) is 10.3 Å². The monoisotopic (exact) mass is 290 g/mol. The third kappa shape index (κ3) is 3.48. The van der Waals surface area contributed by atoms with Gasteiger partial charge in [0.1, 0.15) is 5.82 Å². The highest BCUT2D eigenvalue weighted by Gasteiger charge is 2.16. The van der Waals surface area contributed by atoms with E-state index in [4.69, 9.17) is 0 Å². The molecule has 0 spiro atoms. The molecule has 0 saturated carbocycles. The average Bonchev–Trinajstić information content (AvgIpc) is 2.43. The van der Waals surface area contributed by atoms with E-state index < -0.39 is 5.82 Å². The maximum atomic E-state index is 13.1. The van der Waals surface area contributed by atoms with Gasteiger partial charge in [-0.05, 0) is 35.6 Å². The lowest BCUT2D eigenvalue weighted by molar-refractivity contribution is -0.125. The van der Waals surface area contributed by atoms with Crippen LogP contribution in [0.5, 0.6) is 0 Å². The molecule has 0 bridgehead atoms. The smallest absolute Gasteiger partial charge is 0.253 e. The first-order valence-electron chi connectivity index (χ1n) is 6.97. The van der Waals surface area contributed by atoms with Gasteiger partial charge in [0.25, 0.3) is 5.56 Å². The molecular weight excluding hydrogens is 271 g/mol. The second-order valence-electron chi connectivity index (χ2n) is 5.61. The van der Waals surface area contributed by atoms with Crippen molar-refractivity contribution in [3.05, 3.63) is 46.0 Å². The third-order valence-corrected chi connectivity index (χ3v) is 3.75. The molecule has 2 rings (SSSR count). The van der Waals surface area contributed by atoms with Crippen molar-refractivity contribution in [2.24, 2.45) is 11.8 Å². The van der Waals surface area contributed by atoms with Crippen LogP contribution in [-0.2, 0) is 11.3 Å². The van der Waals surface area contributed by atoms with Crippen LogP contribution in [0.1, 0.15) is 26.3 Å². The Balaban J connectivity index is 2.19. The van der Waals surface area contributed by atoms with Gasteiger partial charge in [-0.15, -0.1) is 0 Å². The van der Waals surface area contributed by atoms with Gasteiger partial charge in [-0.1, -0.05) is 20.8 Å². The number of hydrogen-bond acceptors (Lipinski definition) is 2. The number of aromatic nitrogens is 1. The Morgan fingerprint density at radius 3 is 2.67 bits per heavy atom. The fraction of sp³-hybridized carbons (Fsp3) is 0.375. The first-order chi connectivity index (χ1) is 9.88. The Morgan fingerprint density at radius 1 is 1.29 bits per heavy atom. The molecule has 2 N–H and O–H groups in total. The Labute approximate surface area is 122 Å². The van der Waals surface area contributed by atoms with Crippen LogP contribution in [0.15, 0.2) is 29.1 Å². The van der Waals surface area contributed by atoms with Crippen LogP contribution in [0.25, 0.3) is 10.9 Å². The van der Waals surface area contributed by atoms with Crippen molar-refractivity contribution in [3.8, 4) is 0 Å². The summed E-state index contributed by atoms with van der Waals surface area (Å²) < 4.78 is 13.1. The Hall–Kier alpha value is -2.17. The summed E-state index contributed by atoms with van der Waals surface area (Å²) in [6.07, 6.45) is 0. The molecule has 0 saturated heterocycles. The summed E-state index contributed by atoms with van der Waals surface area (Å²) in [5, 5.41) is 3.50. The molecule has 4 nitrogen and oxygen atoms in total. The fourth-order valence-corrected chi connectivity index (χ4v) is 2.00. The number of H-pyrrole nitrogens is 1. The maximum Gasteiger partial charge on any atom is 0.253 e. The van der Waals surface area contributed by atoms with Crippen LogP contribution in [0.3, 0.4) is 0 Å². The number of rotatable bonds is 4. The first kappa shape index (κ1) is 15.2. The molecule has 1 aromatic carbocycles. The molecule has 5 heteroatoms. The van der Waals surface area contributed by atoms with Gasteiger partial charge in [0.2, 0.25) is 5.91 Å². The standard InChI is InChI=1S/C16H19FN2O2/c1-9(2)10(3)15(20)18-8-12-6-11-4-5-13(17)7-14(11)19-16(12)21/h4-7,9-10H,8H2,1-3H3,(H,18,20)(H,19,21). The molecule has 112 valence electrons. The molecule has 0 radical (unpaired) electrons. The van der Waals surface area contributed by atoms with E-state index in [1.54, 1.807) is 12.1 Å². The number of aromatic amines is 1. The van der Waals surface area contributed by atoms with Gasteiger partial charge < -0.3 is 10.3 Å². The van der Waals surface area contributed by atoms with E-state index in [0.29, 0.717) is 11.1 Å². The molecule has 0 aliphatic rings. The quantitative estimate of drug-likeness (QED) is 0.909. The van der Waals surface area contributed by atoms with Crippen LogP contribution < -0.4 is 10.9 Å². The van der Waals surface area contributed by atoms with E-state index in [9.17, 15) is 14.0 Å². The van der Waals surface area contributed by atoms with Gasteiger partial charge in [0, 0.05) is 18.0 Å². The Morgan fingerprint density at radius 2 is 2.00 bits per heavy atom. The number of pyridine rings is 1. The van der Waals surface area contributed by atoms with Gasteiger partial charge in [-0.25, -0.2) is 4.39 Å². The molecule has 0 aliphatic heterocycles. The van der Waals surface area contributed by atoms with Crippen LogP contribution >= 0.6 is 0 Å². The number of carbonyl (C=O) groups is 1. The molecular formula is C16H19FN2O2. The summed E-state index contributed by atoms with van der Waals surface area (Å²) in [4.78, 5) is 26.5. The molecule has 0 aliphatic carbocycles. The number of hydrogen-bond donors (Lipinski definition) is 2. The second-order valence-corrected chi connectivity index (χ2v) is 5.61. The maximum absolute atomic E-state index is 13.1. The topological polar surface area (TPSA) is 62.0 Å². The number of carbonyl (C=O) groups excluding carboxylic acids is 1. The molecule has 1 atom stereocenters. The normalized spacial score (nSPS) is 12.6. The van der Waals surface area contributed by atoms with Gasteiger partial charge in [-0.2, -0.15) is 0 Å². The minimum Gasteiger partial charge on any atom is -0.352 e. The number of fused-ring (bicyclic) bond motifs is 1. The van der Waals surface area contributed by atoms with E-state index in [-0.39, 0.29) is 29.8 Å². The second kappa shape index (κ2) is 6.08. The van der Waals surface area contributed by atoms with Crippen molar-refractivity contribution < 1.29 is 9.18 Å². The highest BCUT2D eigenvalue weighted by molar-refractivity contribution is 5.80. The zero-order chi connectivity index (χ0) is 15.6. The number of amides is 1. The molecule has 2 aromatic rings. The van der Waals surface area contributed by atoms with Crippen molar-refractivity contribution >= 4 is 16.8 Å². The van der Waals surface area contributed by atoms with Crippen molar-refractivity contribution in [3.63, 3.8) is 0 Å². The summed E-state index contributed by atoms with van der Waals surface area (Å²) in [7, 11) is 0. The third-order valence-electron chi connectivity index (χ3n) is 3.75. The van der Waals surface area contributed by atoms with Gasteiger partial charge in [-0.3, -0.25) is 9.59 Å². The zero-order valence-electron chi connectivity index (χ0n) is 12.4. The highest BCUT2D eigenvalue weighted by Crippen LogP contribution is 2.13. The van der Waals surface area contributed by atoms with Crippen LogP contribution in [-0.4, -0.2) is 10.9 Å². The van der Waals surface area contributed by atoms with E-state index in [1.165, 1.54) is 12.1 Å². The van der Waals surface area contributed by atoms with Gasteiger partial charge >= 0.3 is 0 Å². The minimum absolute atomic E-state index is 0.0800. The van der Waals surface area contributed by atoms with Crippen molar-refractivity contribution in [2.75, 3.05) is 0 Å². The predicted molar refractivity (Wildman–Crippen MR) is 80.4 cm³/mol. The van der Waals surface area contributed by atoms with Crippen LogP contribution in [0.2, 0.25) is 0 Å². The van der Waals surface area contributed by atoms with Crippen molar-refractivity contribution in [2.45, 2.75) is 27.3 Å². The molecule has 1 unspecified atom stereocenters. The lowest BCUT2D eigenvalue weighted by atomic mass is 9.97. The summed E-state index contributed by atoms with van der Waals surface area (Å²) in [6.45, 7) is 5.97. The Kier molecular flexibility index (Phi) is 4.40. The zero-order valence-corrected chi connectivity index (χ0v) is 12.4. The minimum atomic E-state index is -0.398. The lowest BCUT2D eigenvalue weighted by Crippen LogP contribution is -2.33. The van der Waals surface area contributed by atoms with Crippen molar-refractivity contribution in [1.82, 2.24) is 10.3 Å². The van der Waals surface area contributed by atoms with Crippen molar-refractivity contribution in [1.29, 1.82) is 0 Å². The summed E-state index contributed by atoms with van der Waals surface area (Å²) >= 11 is 0. The van der Waals surface area contributed by atoms with Crippen LogP contribution in [0.4, 0.5) is 4.39 Å². The number of halogens is 1. The summed E-state index contributed by atoms with van der Waals surface area (Å²) in [5.41, 5.74) is 0.592. The summed E-state index contributed by atoms with van der Waals surface area (Å²) in [5.74, 6) is -0.352. The first-order valence-corrected chi connectivity index (χ1v) is 6.97. The summed E-state index contributed by atoms with van der Waals surface area (Å²) in [6, 6.07) is 5.89. The molecule has 0 fully saturated rings. The molecule has 1 amide bonds. The lowest BCUT2D eigenvalue weighted by Gasteiger charge is -2.15. The van der Waals surface area contributed by atoms with E-state index in [1.807, 2.05) is 20.8 Å². The number of nitrogens with one attached hydrogen (secondary N) is 2. The van der Waals surface area contributed by atoms with E-state index >= 15 is 0 Å². The molecule has 1 aromatic heterocycles. The van der Waals surface area contributed by atoms with Gasteiger partial charge in [0.05, 0.1) is 5.52 Å². The SMILES string of the molecule is CC(C)C(C)C(=O)NCc1cc2ccc(F)cc2[nH]c1=O. The molecule has 1 heterocycles. The fourth-order valence-electron chi connectivity index (χ4n) is 2.00. The van der Waals surface area contributed by atoms with Crippen LogP contribution in [0, 0.1) is 17.7 Å². The van der Waals surface area contributed by atoms with E-state index in [0.717, 1.165) is 5.39 Å². The molecule has 21 heavy (non-hydrogen) atoms. The highest BCUT2D eigenvalue weighted by atomic mass is 19.1. The Bertz CT molecular complexity index is 722. The predicted octanol–water partition coefficient (Wildman–Crippen LogP) is 2.58. The average molecular weight is 290 g/mol. The largest absolute Gasteiger partial charge is 0.352 e. The number of benzene rings is 1.